The van der Waals surface area contributed by atoms with E-state index in [1.54, 1.807) is 37.3 Å². The van der Waals surface area contributed by atoms with Crippen LogP contribution in [0.3, 0.4) is 0 Å². The molecular weight excluding hydrogens is 346 g/mol. The highest BCUT2D eigenvalue weighted by molar-refractivity contribution is 6.09. The van der Waals surface area contributed by atoms with Crippen LogP contribution in [0, 0.1) is 6.92 Å². The number of aromatic nitrogens is 3. The minimum absolute atomic E-state index is 0.176. The molecule has 0 fully saturated rings. The number of amides is 2. The number of nitrogens with one attached hydrogen (secondary N) is 2. The molecule has 0 spiro atoms. The number of aryl methyl sites for hydroxylation is 1. The number of rotatable bonds is 6. The third-order valence-electron chi connectivity index (χ3n) is 3.80. The van der Waals surface area contributed by atoms with Crippen molar-refractivity contribution in [2.45, 2.75) is 13.8 Å². The van der Waals surface area contributed by atoms with E-state index in [-0.39, 0.29) is 11.5 Å². The Morgan fingerprint density at radius 2 is 2.04 bits per heavy atom. The topological polar surface area (TPSA) is 123 Å². The van der Waals surface area contributed by atoms with Gasteiger partial charge in [-0.2, -0.15) is 5.10 Å². The zero-order valence-electron chi connectivity index (χ0n) is 14.9. The number of nitrogens with zero attached hydrogens (tertiary/aromatic N) is 2. The summed E-state index contributed by atoms with van der Waals surface area (Å²) in [6.07, 6.45) is 0. The van der Waals surface area contributed by atoms with Crippen LogP contribution < -0.4 is 15.8 Å². The first-order valence-corrected chi connectivity index (χ1v) is 8.35. The Morgan fingerprint density at radius 3 is 2.70 bits per heavy atom. The summed E-state index contributed by atoms with van der Waals surface area (Å²) in [7, 11) is 0. The van der Waals surface area contributed by atoms with Crippen molar-refractivity contribution < 1.29 is 14.3 Å². The van der Waals surface area contributed by atoms with Gasteiger partial charge in [-0.05, 0) is 44.2 Å². The van der Waals surface area contributed by atoms with Crippen LogP contribution in [0.1, 0.15) is 33.5 Å². The summed E-state index contributed by atoms with van der Waals surface area (Å²) in [6.45, 7) is 4.09. The molecule has 1 aromatic heterocycles. The Morgan fingerprint density at radius 1 is 1.22 bits per heavy atom. The van der Waals surface area contributed by atoms with E-state index < -0.39 is 5.91 Å². The van der Waals surface area contributed by atoms with E-state index in [1.807, 2.05) is 13.0 Å². The van der Waals surface area contributed by atoms with Gasteiger partial charge in [0.1, 0.15) is 11.6 Å². The van der Waals surface area contributed by atoms with Crippen molar-refractivity contribution in [1.82, 2.24) is 15.2 Å². The molecule has 0 saturated carbocycles. The van der Waals surface area contributed by atoms with Gasteiger partial charge in [-0.1, -0.05) is 12.1 Å². The van der Waals surface area contributed by atoms with E-state index in [9.17, 15) is 9.59 Å². The Bertz CT molecular complexity index is 997. The van der Waals surface area contributed by atoms with Gasteiger partial charge in [-0.3, -0.25) is 14.7 Å². The Labute approximate surface area is 155 Å². The number of hydrogen-bond donors (Lipinski definition) is 3. The predicted octanol–water partition coefficient (Wildman–Crippen LogP) is 2.53. The van der Waals surface area contributed by atoms with Gasteiger partial charge < -0.3 is 15.8 Å². The molecule has 2 aromatic carbocycles. The number of primary amides is 1. The lowest BCUT2D eigenvalue weighted by Crippen LogP contribution is -2.18. The molecular formula is C19H19N5O3. The van der Waals surface area contributed by atoms with Crippen LogP contribution >= 0.6 is 0 Å². The normalized spacial score (nSPS) is 10.4. The van der Waals surface area contributed by atoms with Crippen LogP contribution in [0.2, 0.25) is 0 Å². The van der Waals surface area contributed by atoms with Crippen molar-refractivity contribution >= 4 is 17.5 Å². The lowest BCUT2D eigenvalue weighted by atomic mass is 10.1. The maximum atomic E-state index is 12.6. The van der Waals surface area contributed by atoms with Gasteiger partial charge in [0.05, 0.1) is 17.9 Å². The summed E-state index contributed by atoms with van der Waals surface area (Å²) >= 11 is 0. The fourth-order valence-electron chi connectivity index (χ4n) is 2.56. The molecule has 27 heavy (non-hydrogen) atoms. The summed E-state index contributed by atoms with van der Waals surface area (Å²) in [5, 5.41) is 9.58. The first-order valence-electron chi connectivity index (χ1n) is 8.35. The number of H-pyrrole nitrogens is 1. The SMILES string of the molecule is CCOc1ccc(NC(=O)c2cccc(-c3n[nH]c(C)n3)c2)c(C(N)=O)c1. The quantitative estimate of drug-likeness (QED) is 0.619. The minimum Gasteiger partial charge on any atom is -0.494 e. The van der Waals surface area contributed by atoms with Crippen molar-refractivity contribution in [1.29, 1.82) is 0 Å². The monoisotopic (exact) mass is 365 g/mol. The number of benzene rings is 2. The summed E-state index contributed by atoms with van der Waals surface area (Å²) in [5.41, 5.74) is 7.03. The minimum atomic E-state index is -0.656. The summed E-state index contributed by atoms with van der Waals surface area (Å²) < 4.78 is 5.37. The Hall–Kier alpha value is -3.68. The number of aromatic amines is 1. The molecule has 0 aliphatic heterocycles. The molecule has 0 radical (unpaired) electrons. The lowest BCUT2D eigenvalue weighted by molar-refractivity contribution is 0.100. The molecule has 0 bridgehead atoms. The highest BCUT2D eigenvalue weighted by Crippen LogP contribution is 2.23. The molecule has 3 rings (SSSR count). The molecule has 0 atom stereocenters. The number of nitrogens with two attached hydrogens (primary N) is 1. The Balaban J connectivity index is 1.86. The number of hydrogen-bond acceptors (Lipinski definition) is 5. The van der Waals surface area contributed by atoms with E-state index in [4.69, 9.17) is 10.5 Å². The van der Waals surface area contributed by atoms with E-state index in [1.165, 1.54) is 6.07 Å². The summed E-state index contributed by atoms with van der Waals surface area (Å²) in [4.78, 5) is 28.6. The fraction of sp³-hybridized carbons (Fsp3) is 0.158. The average molecular weight is 365 g/mol. The first-order chi connectivity index (χ1) is 13.0. The van der Waals surface area contributed by atoms with E-state index in [0.717, 1.165) is 0 Å². The highest BCUT2D eigenvalue weighted by atomic mass is 16.5. The molecule has 8 nitrogen and oxygen atoms in total. The number of ether oxygens (including phenoxy) is 1. The Kier molecular flexibility index (Phi) is 5.16. The van der Waals surface area contributed by atoms with Gasteiger partial charge in [-0.15, -0.1) is 0 Å². The first kappa shape index (κ1) is 18.1. The lowest BCUT2D eigenvalue weighted by Gasteiger charge is -2.11. The van der Waals surface area contributed by atoms with E-state index in [2.05, 4.69) is 20.5 Å². The largest absolute Gasteiger partial charge is 0.494 e. The van der Waals surface area contributed by atoms with E-state index in [0.29, 0.717) is 40.8 Å². The third-order valence-corrected chi connectivity index (χ3v) is 3.80. The maximum absolute atomic E-state index is 12.6. The molecule has 8 heteroatoms. The molecule has 0 saturated heterocycles. The molecule has 1 heterocycles. The molecule has 138 valence electrons. The standard InChI is InChI=1S/C19H19N5O3/c1-3-27-14-7-8-16(15(10-14)17(20)25)22-19(26)13-6-4-5-12(9-13)18-21-11(2)23-24-18/h4-10H,3H2,1-2H3,(H2,20,25)(H,22,26)(H,21,23,24). The van der Waals surface area contributed by atoms with Gasteiger partial charge in [0.2, 0.25) is 0 Å². The number of carbonyl (C=O) groups excluding carboxylic acids is 2. The summed E-state index contributed by atoms with van der Waals surface area (Å²) in [6, 6.07) is 11.7. The van der Waals surface area contributed by atoms with Gasteiger partial charge >= 0.3 is 0 Å². The number of anilines is 1. The number of carbonyl (C=O) groups is 2. The second kappa shape index (κ2) is 7.69. The van der Waals surface area contributed by atoms with Crippen LogP contribution in [-0.2, 0) is 0 Å². The molecule has 2 amide bonds. The molecule has 0 aliphatic rings. The third kappa shape index (κ3) is 4.12. The summed E-state index contributed by atoms with van der Waals surface area (Å²) in [5.74, 6) is 0.653. The van der Waals surface area contributed by atoms with Crippen molar-refractivity contribution in [3.8, 4) is 17.1 Å². The molecule has 0 unspecified atom stereocenters. The second-order valence-corrected chi connectivity index (χ2v) is 5.78. The van der Waals surface area contributed by atoms with Gasteiger partial charge in [0.25, 0.3) is 11.8 Å². The maximum Gasteiger partial charge on any atom is 0.255 e. The average Bonchev–Trinajstić information content (AvgIpc) is 3.09. The zero-order valence-corrected chi connectivity index (χ0v) is 14.9. The van der Waals surface area contributed by atoms with Crippen LogP contribution in [0.4, 0.5) is 5.69 Å². The smallest absolute Gasteiger partial charge is 0.255 e. The molecule has 0 aliphatic carbocycles. The van der Waals surface area contributed by atoms with Crippen LogP contribution in [-0.4, -0.2) is 33.6 Å². The van der Waals surface area contributed by atoms with Crippen molar-refractivity contribution in [3.63, 3.8) is 0 Å². The van der Waals surface area contributed by atoms with E-state index >= 15 is 0 Å². The van der Waals surface area contributed by atoms with Crippen LogP contribution in [0.5, 0.6) is 5.75 Å². The zero-order chi connectivity index (χ0) is 19.4. The predicted molar refractivity (Wildman–Crippen MR) is 101 cm³/mol. The molecule has 4 N–H and O–H groups in total. The van der Waals surface area contributed by atoms with Crippen molar-refractivity contribution in [2.24, 2.45) is 5.73 Å². The fourth-order valence-corrected chi connectivity index (χ4v) is 2.56. The van der Waals surface area contributed by atoms with Crippen molar-refractivity contribution in [2.75, 3.05) is 11.9 Å². The highest BCUT2D eigenvalue weighted by Gasteiger charge is 2.15. The van der Waals surface area contributed by atoms with Crippen molar-refractivity contribution in [3.05, 3.63) is 59.4 Å². The van der Waals surface area contributed by atoms with Crippen LogP contribution in [0.15, 0.2) is 42.5 Å². The van der Waals surface area contributed by atoms with Crippen LogP contribution in [0.25, 0.3) is 11.4 Å². The van der Waals surface area contributed by atoms with Gasteiger partial charge in [-0.25, -0.2) is 4.98 Å². The van der Waals surface area contributed by atoms with Gasteiger partial charge in [0, 0.05) is 11.1 Å². The van der Waals surface area contributed by atoms with Gasteiger partial charge in [0.15, 0.2) is 5.82 Å². The molecule has 3 aromatic rings. The second-order valence-electron chi connectivity index (χ2n) is 5.78.